The highest BCUT2D eigenvalue weighted by Crippen LogP contribution is 2.35. The molecule has 1 saturated carbocycles. The van der Waals surface area contributed by atoms with Gasteiger partial charge in [0, 0.05) is 6.61 Å². The Balaban J connectivity index is 1.90. The number of hydrogen-bond donors (Lipinski definition) is 0. The number of nitriles is 1. The Morgan fingerprint density at radius 1 is 1.21 bits per heavy atom. The normalized spacial score (nSPS) is 31.2. The summed E-state index contributed by atoms with van der Waals surface area (Å²) in [6.45, 7) is 0.784. The van der Waals surface area contributed by atoms with Crippen LogP contribution < -0.4 is 0 Å². The first-order chi connectivity index (χ1) is 6.85. The smallest absolute Gasteiger partial charge is 0.159 e. The topological polar surface area (TPSA) is 42.2 Å². The molecule has 14 heavy (non-hydrogen) atoms. The van der Waals surface area contributed by atoms with Crippen molar-refractivity contribution in [3.05, 3.63) is 0 Å². The van der Waals surface area contributed by atoms with E-state index in [1.54, 1.807) is 0 Å². The van der Waals surface area contributed by atoms with Crippen LogP contribution in [0, 0.1) is 11.3 Å². The molecule has 2 fully saturated rings. The zero-order chi connectivity index (χ0) is 9.86. The van der Waals surface area contributed by atoms with Gasteiger partial charge in [0.15, 0.2) is 11.9 Å². The van der Waals surface area contributed by atoms with Gasteiger partial charge in [0.05, 0.1) is 6.07 Å². The third kappa shape index (κ3) is 2.08. The van der Waals surface area contributed by atoms with Crippen molar-refractivity contribution in [1.82, 2.24) is 0 Å². The minimum atomic E-state index is -0.526. The maximum absolute atomic E-state index is 9.12. The van der Waals surface area contributed by atoms with Gasteiger partial charge in [0.2, 0.25) is 0 Å². The Labute approximate surface area is 85.0 Å². The Hall–Kier alpha value is -0.590. The van der Waals surface area contributed by atoms with E-state index in [4.69, 9.17) is 14.7 Å². The van der Waals surface area contributed by atoms with Crippen LogP contribution in [0.25, 0.3) is 0 Å². The van der Waals surface area contributed by atoms with Gasteiger partial charge in [-0.3, -0.25) is 0 Å². The summed E-state index contributed by atoms with van der Waals surface area (Å²) in [7, 11) is 0. The summed E-state index contributed by atoms with van der Waals surface area (Å²) in [6.07, 6.45) is 7.09. The largest absolute Gasteiger partial charge is 0.353 e. The number of nitrogens with zero attached hydrogens (tertiary/aromatic N) is 1. The van der Waals surface area contributed by atoms with Crippen molar-refractivity contribution in [2.75, 3.05) is 6.61 Å². The summed E-state index contributed by atoms with van der Waals surface area (Å²) in [6, 6.07) is 2.32. The monoisotopic (exact) mass is 195 g/mol. The van der Waals surface area contributed by atoms with Gasteiger partial charge in [-0.2, -0.15) is 5.26 Å². The van der Waals surface area contributed by atoms with Crippen LogP contribution in [0.1, 0.15) is 44.9 Å². The summed E-state index contributed by atoms with van der Waals surface area (Å²) in [5, 5.41) is 9.12. The fourth-order valence-corrected chi connectivity index (χ4v) is 2.26. The van der Waals surface area contributed by atoms with E-state index >= 15 is 0 Å². The van der Waals surface area contributed by atoms with Gasteiger partial charge in [0.1, 0.15) is 0 Å². The van der Waals surface area contributed by atoms with Crippen LogP contribution in [0.2, 0.25) is 0 Å². The summed E-state index contributed by atoms with van der Waals surface area (Å²) < 4.78 is 11.3. The Morgan fingerprint density at radius 3 is 2.57 bits per heavy atom. The minimum Gasteiger partial charge on any atom is -0.353 e. The van der Waals surface area contributed by atoms with Gasteiger partial charge < -0.3 is 9.47 Å². The molecule has 1 aliphatic carbocycles. The standard InChI is InChI=1S/C11H17NO2/c12-9-11(6-2-3-7-11)14-10-5-1-4-8-13-10/h10H,1-8H2/t10-/m1/s1. The highest BCUT2D eigenvalue weighted by molar-refractivity contribution is 5.05. The molecule has 0 aromatic rings. The molecule has 1 saturated heterocycles. The lowest BCUT2D eigenvalue weighted by Crippen LogP contribution is -2.35. The Morgan fingerprint density at radius 2 is 2.00 bits per heavy atom. The summed E-state index contributed by atoms with van der Waals surface area (Å²) in [4.78, 5) is 0. The fourth-order valence-electron chi connectivity index (χ4n) is 2.26. The second kappa shape index (κ2) is 4.29. The SMILES string of the molecule is N#CC1(O[C@@H]2CCCCO2)CCCC1. The van der Waals surface area contributed by atoms with E-state index in [2.05, 4.69) is 6.07 Å². The number of rotatable bonds is 2. The van der Waals surface area contributed by atoms with Crippen LogP contribution in [0.15, 0.2) is 0 Å². The molecule has 0 radical (unpaired) electrons. The number of hydrogen-bond acceptors (Lipinski definition) is 3. The molecule has 0 amide bonds. The second-order valence-electron chi connectivity index (χ2n) is 4.23. The van der Waals surface area contributed by atoms with E-state index in [0.717, 1.165) is 51.6 Å². The van der Waals surface area contributed by atoms with Gasteiger partial charge in [-0.05, 0) is 44.9 Å². The zero-order valence-electron chi connectivity index (χ0n) is 8.50. The molecule has 0 aromatic carbocycles. The summed E-state index contributed by atoms with van der Waals surface area (Å²) in [5.41, 5.74) is -0.526. The summed E-state index contributed by atoms with van der Waals surface area (Å²) >= 11 is 0. The van der Waals surface area contributed by atoms with Gasteiger partial charge >= 0.3 is 0 Å². The van der Waals surface area contributed by atoms with Crippen molar-refractivity contribution in [1.29, 1.82) is 5.26 Å². The summed E-state index contributed by atoms with van der Waals surface area (Å²) in [5.74, 6) is 0. The fraction of sp³-hybridized carbons (Fsp3) is 0.909. The van der Waals surface area contributed by atoms with Crippen molar-refractivity contribution in [3.8, 4) is 6.07 Å². The molecule has 0 aromatic heterocycles. The molecule has 0 unspecified atom stereocenters. The highest BCUT2D eigenvalue weighted by Gasteiger charge is 2.37. The van der Waals surface area contributed by atoms with Crippen molar-refractivity contribution < 1.29 is 9.47 Å². The van der Waals surface area contributed by atoms with E-state index in [1.807, 2.05) is 0 Å². The molecule has 1 aliphatic heterocycles. The van der Waals surface area contributed by atoms with Crippen molar-refractivity contribution in [3.63, 3.8) is 0 Å². The molecule has 2 aliphatic rings. The van der Waals surface area contributed by atoms with Crippen molar-refractivity contribution in [2.45, 2.75) is 56.8 Å². The van der Waals surface area contributed by atoms with Crippen LogP contribution in [-0.4, -0.2) is 18.5 Å². The van der Waals surface area contributed by atoms with Crippen LogP contribution in [0.5, 0.6) is 0 Å². The first-order valence-corrected chi connectivity index (χ1v) is 5.55. The van der Waals surface area contributed by atoms with Crippen LogP contribution in [-0.2, 0) is 9.47 Å². The zero-order valence-corrected chi connectivity index (χ0v) is 8.50. The molecule has 3 heteroatoms. The van der Waals surface area contributed by atoms with Gasteiger partial charge in [0.25, 0.3) is 0 Å². The predicted octanol–water partition coefficient (Wildman–Crippen LogP) is 2.37. The molecule has 0 N–H and O–H groups in total. The lowest BCUT2D eigenvalue weighted by Gasteiger charge is -2.30. The van der Waals surface area contributed by atoms with E-state index in [1.165, 1.54) is 0 Å². The predicted molar refractivity (Wildman–Crippen MR) is 51.5 cm³/mol. The first kappa shape index (κ1) is 9.95. The van der Waals surface area contributed by atoms with Gasteiger partial charge in [-0.25, -0.2) is 0 Å². The maximum Gasteiger partial charge on any atom is 0.159 e. The minimum absolute atomic E-state index is 0.124. The molecular weight excluding hydrogens is 178 g/mol. The lowest BCUT2D eigenvalue weighted by molar-refractivity contribution is -0.207. The second-order valence-corrected chi connectivity index (χ2v) is 4.23. The lowest BCUT2D eigenvalue weighted by atomic mass is 10.0. The van der Waals surface area contributed by atoms with Gasteiger partial charge in [-0.1, -0.05) is 0 Å². The average molecular weight is 195 g/mol. The molecule has 0 bridgehead atoms. The molecular formula is C11H17NO2. The molecule has 0 spiro atoms. The first-order valence-electron chi connectivity index (χ1n) is 5.55. The van der Waals surface area contributed by atoms with Crippen LogP contribution in [0.4, 0.5) is 0 Å². The molecule has 2 rings (SSSR count). The van der Waals surface area contributed by atoms with Crippen molar-refractivity contribution in [2.24, 2.45) is 0 Å². The van der Waals surface area contributed by atoms with Gasteiger partial charge in [-0.15, -0.1) is 0 Å². The van der Waals surface area contributed by atoms with E-state index in [9.17, 15) is 0 Å². The van der Waals surface area contributed by atoms with E-state index < -0.39 is 5.60 Å². The molecule has 1 heterocycles. The quantitative estimate of drug-likeness (QED) is 0.679. The van der Waals surface area contributed by atoms with E-state index in [-0.39, 0.29) is 6.29 Å². The Bertz CT molecular complexity index is 222. The molecule has 1 atom stereocenters. The maximum atomic E-state index is 9.12. The molecule has 3 nitrogen and oxygen atoms in total. The third-order valence-corrected chi connectivity index (χ3v) is 3.11. The molecule has 78 valence electrons. The average Bonchev–Trinajstić information content (AvgIpc) is 2.69. The highest BCUT2D eigenvalue weighted by atomic mass is 16.7. The van der Waals surface area contributed by atoms with Crippen LogP contribution >= 0.6 is 0 Å². The number of ether oxygens (including phenoxy) is 2. The van der Waals surface area contributed by atoms with Crippen molar-refractivity contribution >= 4 is 0 Å². The van der Waals surface area contributed by atoms with E-state index in [0.29, 0.717) is 0 Å². The third-order valence-electron chi connectivity index (χ3n) is 3.11. The Kier molecular flexibility index (Phi) is 3.05. The van der Waals surface area contributed by atoms with Crippen LogP contribution in [0.3, 0.4) is 0 Å².